The Balaban J connectivity index is 1.74. The lowest BCUT2D eigenvalue weighted by molar-refractivity contribution is 0.0136. The molecule has 0 radical (unpaired) electrons. The number of nitrogens with one attached hydrogen (secondary N) is 1. The Hall–Kier alpha value is -2.18. The Morgan fingerprint density at radius 3 is 2.77 bits per heavy atom. The molecule has 0 saturated heterocycles. The maximum atomic E-state index is 12.1. The molecule has 0 aliphatic heterocycles. The summed E-state index contributed by atoms with van der Waals surface area (Å²) in [5, 5.41) is 16.6. The van der Waals surface area contributed by atoms with Gasteiger partial charge in [-0.05, 0) is 18.6 Å². The van der Waals surface area contributed by atoms with Gasteiger partial charge in [-0.1, -0.05) is 30.3 Å². The van der Waals surface area contributed by atoms with E-state index in [1.54, 1.807) is 13.1 Å². The van der Waals surface area contributed by atoms with Crippen LogP contribution in [0.1, 0.15) is 21.7 Å². The number of aromatic nitrogens is 2. The number of benzene rings is 1. The van der Waals surface area contributed by atoms with E-state index >= 15 is 0 Å². The molecule has 2 N–H and O–H groups in total. The van der Waals surface area contributed by atoms with Crippen LogP contribution in [0.25, 0.3) is 0 Å². The number of aliphatic hydroxyl groups excluding tert-OH is 1. The molecule has 1 heterocycles. The molecule has 0 saturated carbocycles. The zero-order valence-corrected chi connectivity index (χ0v) is 12.8. The third-order valence-electron chi connectivity index (χ3n) is 3.18. The second-order valence-electron chi connectivity index (χ2n) is 5.28. The minimum absolute atomic E-state index is 0.173. The lowest BCUT2D eigenvalue weighted by Crippen LogP contribution is -2.36. The highest BCUT2D eigenvalue weighted by molar-refractivity contribution is 5.92. The second kappa shape index (κ2) is 7.72. The number of rotatable bonds is 7. The number of aromatic amines is 1. The molecule has 0 spiro atoms. The number of likely N-dealkylation sites (N-methyl/N-ethyl adjacent to an activating group) is 1. The molecule has 6 nitrogen and oxygen atoms in total. The lowest BCUT2D eigenvalue weighted by Gasteiger charge is -2.20. The molecule has 1 aromatic heterocycles. The van der Waals surface area contributed by atoms with Crippen molar-refractivity contribution >= 4 is 5.91 Å². The van der Waals surface area contributed by atoms with Gasteiger partial charge in [-0.15, -0.1) is 0 Å². The standard InChI is InChI=1S/C16H21N3O3/c1-12-8-15(18-17-12)16(21)19(2)9-14(20)11-22-10-13-6-4-3-5-7-13/h3-8,14,20H,9-11H2,1-2H3,(H,17,18). The van der Waals surface area contributed by atoms with E-state index in [4.69, 9.17) is 4.74 Å². The monoisotopic (exact) mass is 303 g/mol. The van der Waals surface area contributed by atoms with Crippen LogP contribution in [0.15, 0.2) is 36.4 Å². The predicted octanol–water partition coefficient (Wildman–Crippen LogP) is 1.37. The number of carbonyl (C=O) groups excluding carboxylic acids is 1. The van der Waals surface area contributed by atoms with Crippen LogP contribution in [0, 0.1) is 6.92 Å². The summed E-state index contributed by atoms with van der Waals surface area (Å²) in [6, 6.07) is 11.4. The van der Waals surface area contributed by atoms with Gasteiger partial charge in [-0.25, -0.2) is 0 Å². The minimum Gasteiger partial charge on any atom is -0.389 e. The van der Waals surface area contributed by atoms with Crippen molar-refractivity contribution < 1.29 is 14.6 Å². The van der Waals surface area contributed by atoms with Crippen molar-refractivity contribution in [2.45, 2.75) is 19.6 Å². The van der Waals surface area contributed by atoms with Crippen molar-refractivity contribution in [3.63, 3.8) is 0 Å². The molecular formula is C16H21N3O3. The van der Waals surface area contributed by atoms with Crippen molar-refractivity contribution in [1.82, 2.24) is 15.1 Å². The number of H-pyrrole nitrogens is 1. The maximum Gasteiger partial charge on any atom is 0.274 e. The number of aryl methyl sites for hydroxylation is 1. The van der Waals surface area contributed by atoms with Gasteiger partial charge in [0.05, 0.1) is 19.3 Å². The first-order valence-electron chi connectivity index (χ1n) is 7.13. The summed E-state index contributed by atoms with van der Waals surface area (Å²) in [6.45, 7) is 2.63. The number of aliphatic hydroxyl groups is 1. The fourth-order valence-corrected chi connectivity index (χ4v) is 2.06. The van der Waals surface area contributed by atoms with Crippen LogP contribution in [0.2, 0.25) is 0 Å². The topological polar surface area (TPSA) is 78.5 Å². The number of amides is 1. The van der Waals surface area contributed by atoms with Crippen molar-refractivity contribution in [3.8, 4) is 0 Å². The molecule has 0 bridgehead atoms. The summed E-state index contributed by atoms with van der Waals surface area (Å²) >= 11 is 0. The molecule has 22 heavy (non-hydrogen) atoms. The number of carbonyl (C=O) groups is 1. The predicted molar refractivity (Wildman–Crippen MR) is 82.4 cm³/mol. The van der Waals surface area contributed by atoms with Crippen LogP contribution < -0.4 is 0 Å². The van der Waals surface area contributed by atoms with Gasteiger partial charge in [0.2, 0.25) is 0 Å². The van der Waals surface area contributed by atoms with Crippen LogP contribution in [0.3, 0.4) is 0 Å². The van der Waals surface area contributed by atoms with E-state index < -0.39 is 6.10 Å². The van der Waals surface area contributed by atoms with E-state index in [9.17, 15) is 9.90 Å². The van der Waals surface area contributed by atoms with Gasteiger partial charge in [0.25, 0.3) is 5.91 Å². The molecule has 6 heteroatoms. The molecule has 1 unspecified atom stereocenters. The van der Waals surface area contributed by atoms with Crippen molar-refractivity contribution in [2.75, 3.05) is 20.2 Å². The SMILES string of the molecule is Cc1cc(C(=O)N(C)CC(O)COCc2ccccc2)n[nH]1. The average Bonchev–Trinajstić information content (AvgIpc) is 2.94. The first-order chi connectivity index (χ1) is 10.6. The zero-order chi connectivity index (χ0) is 15.9. The van der Waals surface area contributed by atoms with Gasteiger partial charge in [-0.3, -0.25) is 9.89 Å². The van der Waals surface area contributed by atoms with Crippen LogP contribution in [0.5, 0.6) is 0 Å². The average molecular weight is 303 g/mol. The van der Waals surface area contributed by atoms with Gasteiger partial charge < -0.3 is 14.7 Å². The fourth-order valence-electron chi connectivity index (χ4n) is 2.06. The van der Waals surface area contributed by atoms with Crippen molar-refractivity contribution in [1.29, 1.82) is 0 Å². The van der Waals surface area contributed by atoms with E-state index in [1.165, 1.54) is 4.90 Å². The van der Waals surface area contributed by atoms with Gasteiger partial charge in [-0.2, -0.15) is 5.10 Å². The molecule has 2 aromatic rings. The Kier molecular flexibility index (Phi) is 5.68. The molecule has 0 aliphatic rings. The van der Waals surface area contributed by atoms with Crippen molar-refractivity contribution in [3.05, 3.63) is 53.3 Å². The highest BCUT2D eigenvalue weighted by Crippen LogP contribution is 2.04. The normalized spacial score (nSPS) is 12.1. The lowest BCUT2D eigenvalue weighted by atomic mass is 10.2. The summed E-state index contributed by atoms with van der Waals surface area (Å²) < 4.78 is 5.46. The number of hydrogen-bond donors (Lipinski definition) is 2. The molecule has 2 rings (SSSR count). The van der Waals surface area contributed by atoms with E-state index in [0.717, 1.165) is 11.3 Å². The van der Waals surface area contributed by atoms with Crippen molar-refractivity contribution in [2.24, 2.45) is 0 Å². The molecule has 0 aliphatic carbocycles. The molecule has 0 fully saturated rings. The highest BCUT2D eigenvalue weighted by atomic mass is 16.5. The molecule has 1 amide bonds. The van der Waals surface area contributed by atoms with Gasteiger partial charge in [0.1, 0.15) is 5.69 Å². The maximum absolute atomic E-state index is 12.1. The fraction of sp³-hybridized carbons (Fsp3) is 0.375. The first-order valence-corrected chi connectivity index (χ1v) is 7.13. The van der Waals surface area contributed by atoms with Gasteiger partial charge in [0.15, 0.2) is 0 Å². The Labute approximate surface area is 129 Å². The second-order valence-corrected chi connectivity index (χ2v) is 5.28. The number of hydrogen-bond acceptors (Lipinski definition) is 4. The highest BCUT2D eigenvalue weighted by Gasteiger charge is 2.17. The third kappa shape index (κ3) is 4.68. The Morgan fingerprint density at radius 1 is 1.41 bits per heavy atom. The molecule has 1 atom stereocenters. The summed E-state index contributed by atoms with van der Waals surface area (Å²) in [4.78, 5) is 13.5. The Bertz CT molecular complexity index is 598. The third-order valence-corrected chi connectivity index (χ3v) is 3.18. The molecular weight excluding hydrogens is 282 g/mol. The van der Waals surface area contributed by atoms with E-state index in [0.29, 0.717) is 12.3 Å². The van der Waals surface area contributed by atoms with Crippen LogP contribution in [0.4, 0.5) is 0 Å². The van der Waals surface area contributed by atoms with E-state index in [2.05, 4.69) is 10.2 Å². The zero-order valence-electron chi connectivity index (χ0n) is 12.8. The first kappa shape index (κ1) is 16.2. The minimum atomic E-state index is -0.738. The molecule has 118 valence electrons. The van der Waals surface area contributed by atoms with Crippen LogP contribution >= 0.6 is 0 Å². The van der Waals surface area contributed by atoms with E-state index in [1.807, 2.05) is 37.3 Å². The van der Waals surface area contributed by atoms with E-state index in [-0.39, 0.29) is 19.1 Å². The van der Waals surface area contributed by atoms with Crippen LogP contribution in [-0.4, -0.2) is 52.4 Å². The number of nitrogens with zero attached hydrogens (tertiary/aromatic N) is 2. The smallest absolute Gasteiger partial charge is 0.274 e. The quantitative estimate of drug-likeness (QED) is 0.810. The van der Waals surface area contributed by atoms with Gasteiger partial charge >= 0.3 is 0 Å². The van der Waals surface area contributed by atoms with Crippen LogP contribution in [-0.2, 0) is 11.3 Å². The Morgan fingerprint density at radius 2 is 2.14 bits per heavy atom. The summed E-state index contributed by atoms with van der Waals surface area (Å²) in [6.07, 6.45) is -0.738. The molecule has 1 aromatic carbocycles. The summed E-state index contributed by atoms with van der Waals surface area (Å²) in [5.41, 5.74) is 2.21. The largest absolute Gasteiger partial charge is 0.389 e. The summed E-state index contributed by atoms with van der Waals surface area (Å²) in [7, 11) is 1.63. The number of ether oxygens (including phenoxy) is 1. The van der Waals surface area contributed by atoms with Gasteiger partial charge in [0, 0.05) is 19.3 Å². The summed E-state index contributed by atoms with van der Waals surface area (Å²) in [5.74, 6) is -0.230.